The van der Waals surface area contributed by atoms with Gasteiger partial charge in [-0.3, -0.25) is 0 Å². The summed E-state index contributed by atoms with van der Waals surface area (Å²) in [6.45, 7) is 1.16. The Morgan fingerprint density at radius 3 is 1.95 bits per heavy atom. The minimum Gasteiger partial charge on any atom is -0.377 e. The largest absolute Gasteiger partial charge is 0.377 e. The van der Waals surface area contributed by atoms with E-state index >= 15 is 0 Å². The van der Waals surface area contributed by atoms with E-state index in [-0.39, 0.29) is 0 Å². The Morgan fingerprint density at radius 2 is 1.36 bits per heavy atom. The second kappa shape index (κ2) is 5.49. The molecular weight excluding hydrogens is 266 g/mol. The van der Waals surface area contributed by atoms with E-state index in [9.17, 15) is 0 Å². The molecule has 1 heterocycles. The van der Waals surface area contributed by atoms with Crippen molar-refractivity contribution in [3.8, 4) is 0 Å². The summed E-state index contributed by atoms with van der Waals surface area (Å²) in [6, 6.07) is 17.6. The summed E-state index contributed by atoms with van der Waals surface area (Å²) in [7, 11) is 2.24. The Morgan fingerprint density at radius 1 is 0.773 bits per heavy atom. The maximum absolute atomic E-state index is 2.46. The van der Waals surface area contributed by atoms with Gasteiger partial charge in [-0.25, -0.2) is 0 Å². The predicted octanol–water partition coefficient (Wildman–Crippen LogP) is 5.05. The van der Waals surface area contributed by atoms with Crippen molar-refractivity contribution in [1.82, 2.24) is 4.90 Å². The zero-order chi connectivity index (χ0) is 14.9. The highest BCUT2D eigenvalue weighted by atomic mass is 15.1. The minimum atomic E-state index is 1.16. The molecule has 0 bridgehead atoms. The fraction of sp³-hybridized carbons (Fsp3) is 0.238. The fourth-order valence-corrected chi connectivity index (χ4v) is 3.66. The average Bonchev–Trinajstić information content (AvgIpc) is 2.73. The van der Waals surface area contributed by atoms with Crippen LogP contribution < -0.4 is 0 Å². The number of rotatable bonds is 0. The molecule has 1 heteroatoms. The number of likely N-dealkylation sites (tertiary alicyclic amines) is 1. The second-order valence-electron chi connectivity index (χ2n) is 6.21. The molecule has 22 heavy (non-hydrogen) atoms. The van der Waals surface area contributed by atoms with Gasteiger partial charge in [0.25, 0.3) is 0 Å². The number of hydrogen-bond acceptors (Lipinski definition) is 1. The van der Waals surface area contributed by atoms with Crippen LogP contribution in [-0.2, 0) is 0 Å². The van der Waals surface area contributed by atoms with Crippen molar-refractivity contribution in [2.75, 3.05) is 13.6 Å². The summed E-state index contributed by atoms with van der Waals surface area (Å²) in [5, 5.41) is 0. The van der Waals surface area contributed by atoms with Crippen LogP contribution in [0.2, 0.25) is 0 Å². The fourth-order valence-electron chi connectivity index (χ4n) is 3.66. The van der Waals surface area contributed by atoms with Gasteiger partial charge in [-0.1, -0.05) is 60.7 Å². The molecule has 0 amide bonds. The van der Waals surface area contributed by atoms with E-state index < -0.39 is 0 Å². The Bertz CT molecular complexity index is 715. The van der Waals surface area contributed by atoms with Gasteiger partial charge >= 0.3 is 0 Å². The van der Waals surface area contributed by atoms with Crippen LogP contribution in [0.3, 0.4) is 0 Å². The van der Waals surface area contributed by atoms with Gasteiger partial charge in [0.05, 0.1) is 0 Å². The zero-order valence-corrected chi connectivity index (χ0v) is 13.0. The Balaban J connectivity index is 2.04. The maximum Gasteiger partial charge on any atom is 0.0216 e. The van der Waals surface area contributed by atoms with Gasteiger partial charge in [-0.05, 0) is 41.5 Å². The molecule has 0 unspecified atom stereocenters. The molecule has 2 aromatic rings. The van der Waals surface area contributed by atoms with Crippen LogP contribution in [0, 0.1) is 0 Å². The highest BCUT2D eigenvalue weighted by Crippen LogP contribution is 2.38. The molecule has 0 radical (unpaired) electrons. The third-order valence-electron chi connectivity index (χ3n) is 4.81. The van der Waals surface area contributed by atoms with Crippen LogP contribution in [0.25, 0.3) is 17.7 Å². The lowest BCUT2D eigenvalue weighted by Crippen LogP contribution is -2.25. The second-order valence-corrected chi connectivity index (χ2v) is 6.21. The average molecular weight is 287 g/mol. The SMILES string of the molecule is CN1CCCCC1=C1c2ccccc2C=Cc2ccccc21. The van der Waals surface area contributed by atoms with Crippen molar-refractivity contribution in [3.05, 3.63) is 76.5 Å². The molecule has 0 atom stereocenters. The number of benzene rings is 2. The predicted molar refractivity (Wildman–Crippen MR) is 94.3 cm³/mol. The summed E-state index contributed by atoms with van der Waals surface area (Å²) >= 11 is 0. The van der Waals surface area contributed by atoms with E-state index in [0.717, 1.165) is 6.54 Å². The van der Waals surface area contributed by atoms with Crippen molar-refractivity contribution < 1.29 is 0 Å². The van der Waals surface area contributed by atoms with Crippen molar-refractivity contribution in [3.63, 3.8) is 0 Å². The molecule has 2 aromatic carbocycles. The molecular formula is C21H21N. The number of hydrogen-bond donors (Lipinski definition) is 0. The lowest BCUT2D eigenvalue weighted by atomic mass is 9.89. The van der Waals surface area contributed by atoms with Crippen LogP contribution in [0.5, 0.6) is 0 Å². The van der Waals surface area contributed by atoms with Crippen LogP contribution in [0.4, 0.5) is 0 Å². The van der Waals surface area contributed by atoms with E-state index in [2.05, 4.69) is 72.6 Å². The topological polar surface area (TPSA) is 3.24 Å². The summed E-state index contributed by atoms with van der Waals surface area (Å²) in [4.78, 5) is 2.46. The lowest BCUT2D eigenvalue weighted by molar-refractivity contribution is 0.347. The van der Waals surface area contributed by atoms with Gasteiger partial charge in [0.2, 0.25) is 0 Å². The molecule has 1 aliphatic carbocycles. The Hall–Kier alpha value is -2.28. The van der Waals surface area contributed by atoms with Crippen LogP contribution >= 0.6 is 0 Å². The van der Waals surface area contributed by atoms with Gasteiger partial charge in [0, 0.05) is 24.9 Å². The third-order valence-corrected chi connectivity index (χ3v) is 4.81. The van der Waals surface area contributed by atoms with Crippen molar-refractivity contribution in [1.29, 1.82) is 0 Å². The molecule has 1 fully saturated rings. The molecule has 0 aromatic heterocycles. The highest BCUT2D eigenvalue weighted by molar-refractivity contribution is 5.94. The zero-order valence-electron chi connectivity index (χ0n) is 13.0. The summed E-state index contributed by atoms with van der Waals surface area (Å²) < 4.78 is 0. The monoisotopic (exact) mass is 287 g/mol. The Kier molecular flexibility index (Phi) is 3.34. The molecule has 0 N–H and O–H groups in total. The first-order valence-corrected chi connectivity index (χ1v) is 8.16. The van der Waals surface area contributed by atoms with E-state index in [1.165, 1.54) is 52.8 Å². The van der Waals surface area contributed by atoms with E-state index in [0.29, 0.717) is 0 Å². The van der Waals surface area contributed by atoms with Gasteiger partial charge in [0.15, 0.2) is 0 Å². The standard InChI is InChI=1S/C21H21N/c1-22-15-7-6-12-20(22)21-18-10-4-2-8-16(18)13-14-17-9-3-5-11-19(17)21/h2-5,8-11,13-14H,6-7,12,15H2,1H3. The van der Waals surface area contributed by atoms with Crippen LogP contribution in [0.1, 0.15) is 41.5 Å². The summed E-state index contributed by atoms with van der Waals surface area (Å²) in [6.07, 6.45) is 8.28. The normalized spacial score (nSPS) is 17.0. The first kappa shape index (κ1) is 13.4. The van der Waals surface area contributed by atoms with Gasteiger partial charge in [0.1, 0.15) is 0 Å². The lowest BCUT2D eigenvalue weighted by Gasteiger charge is -2.31. The van der Waals surface area contributed by atoms with E-state index in [1.54, 1.807) is 0 Å². The van der Waals surface area contributed by atoms with Crippen molar-refractivity contribution in [2.24, 2.45) is 0 Å². The number of nitrogens with zero attached hydrogens (tertiary/aromatic N) is 1. The molecule has 1 nitrogen and oxygen atoms in total. The first-order valence-electron chi connectivity index (χ1n) is 8.16. The molecule has 4 rings (SSSR count). The molecule has 0 saturated carbocycles. The van der Waals surface area contributed by atoms with Gasteiger partial charge in [-0.2, -0.15) is 0 Å². The molecule has 1 saturated heterocycles. The Labute approximate surface area is 132 Å². The molecule has 0 spiro atoms. The van der Waals surface area contributed by atoms with Crippen molar-refractivity contribution >= 4 is 17.7 Å². The van der Waals surface area contributed by atoms with Crippen LogP contribution in [0.15, 0.2) is 54.2 Å². The van der Waals surface area contributed by atoms with E-state index in [1.807, 2.05) is 0 Å². The highest BCUT2D eigenvalue weighted by Gasteiger charge is 2.22. The molecule has 1 aliphatic heterocycles. The maximum atomic E-state index is 2.46. The van der Waals surface area contributed by atoms with Gasteiger partial charge < -0.3 is 4.90 Å². The van der Waals surface area contributed by atoms with E-state index in [4.69, 9.17) is 0 Å². The quantitative estimate of drug-likeness (QED) is 0.559. The minimum absolute atomic E-state index is 1.16. The van der Waals surface area contributed by atoms with Gasteiger partial charge in [-0.15, -0.1) is 0 Å². The molecule has 2 aliphatic rings. The smallest absolute Gasteiger partial charge is 0.0216 e. The number of allylic oxidation sites excluding steroid dienone is 1. The van der Waals surface area contributed by atoms with Crippen molar-refractivity contribution in [2.45, 2.75) is 19.3 Å². The van der Waals surface area contributed by atoms with Crippen LogP contribution in [-0.4, -0.2) is 18.5 Å². The number of fused-ring (bicyclic) bond motifs is 2. The third kappa shape index (κ3) is 2.18. The first-order chi connectivity index (χ1) is 10.8. The number of piperidine rings is 1. The summed E-state index contributed by atoms with van der Waals surface area (Å²) in [5.74, 6) is 0. The summed E-state index contributed by atoms with van der Waals surface area (Å²) in [5.41, 5.74) is 8.30. The molecule has 110 valence electrons.